The first-order valence-corrected chi connectivity index (χ1v) is 6.80. The number of imidazole rings is 1. The summed E-state index contributed by atoms with van der Waals surface area (Å²) in [4.78, 5) is 16.1. The summed E-state index contributed by atoms with van der Waals surface area (Å²) in [6.07, 6.45) is 5.33. The van der Waals surface area contributed by atoms with Crippen molar-refractivity contribution in [2.75, 3.05) is 18.4 Å². The third kappa shape index (κ3) is 3.68. The van der Waals surface area contributed by atoms with E-state index in [2.05, 4.69) is 15.6 Å². The average molecular weight is 272 g/mol. The van der Waals surface area contributed by atoms with E-state index in [1.165, 1.54) is 0 Å². The van der Waals surface area contributed by atoms with Crippen LogP contribution in [0.15, 0.2) is 43.0 Å². The first-order chi connectivity index (χ1) is 9.70. The molecule has 0 radical (unpaired) electrons. The van der Waals surface area contributed by atoms with E-state index in [-0.39, 0.29) is 11.8 Å². The van der Waals surface area contributed by atoms with Crippen LogP contribution >= 0.6 is 0 Å². The van der Waals surface area contributed by atoms with Crippen LogP contribution in [0.1, 0.15) is 13.8 Å². The van der Waals surface area contributed by atoms with E-state index in [0.717, 1.165) is 17.9 Å². The lowest BCUT2D eigenvalue weighted by Gasteiger charge is -2.13. The summed E-state index contributed by atoms with van der Waals surface area (Å²) in [5, 5.41) is 6.12. The maximum absolute atomic E-state index is 12.0. The van der Waals surface area contributed by atoms with Crippen LogP contribution in [-0.4, -0.2) is 28.5 Å². The van der Waals surface area contributed by atoms with E-state index >= 15 is 0 Å². The van der Waals surface area contributed by atoms with Crippen LogP contribution < -0.4 is 10.6 Å². The number of carbonyl (C=O) groups excluding carboxylic acids is 1. The van der Waals surface area contributed by atoms with Gasteiger partial charge < -0.3 is 15.2 Å². The Kier molecular flexibility index (Phi) is 4.90. The lowest BCUT2D eigenvalue weighted by Crippen LogP contribution is -2.30. The first kappa shape index (κ1) is 14.3. The van der Waals surface area contributed by atoms with Gasteiger partial charge in [-0.1, -0.05) is 19.9 Å². The summed E-state index contributed by atoms with van der Waals surface area (Å²) >= 11 is 0. The van der Waals surface area contributed by atoms with Gasteiger partial charge in [-0.25, -0.2) is 4.98 Å². The van der Waals surface area contributed by atoms with Crippen molar-refractivity contribution in [1.82, 2.24) is 14.9 Å². The molecule has 5 nitrogen and oxygen atoms in total. The lowest BCUT2D eigenvalue weighted by molar-refractivity contribution is -0.119. The molecule has 1 atom stereocenters. The Labute approximate surface area is 119 Å². The highest BCUT2D eigenvalue weighted by molar-refractivity contribution is 5.92. The van der Waals surface area contributed by atoms with Crippen molar-refractivity contribution in [1.29, 1.82) is 0 Å². The fraction of sp³-hybridized carbons (Fsp3) is 0.333. The smallest absolute Gasteiger partial charge is 0.228 e. The average Bonchev–Trinajstić information content (AvgIpc) is 2.99. The zero-order valence-corrected chi connectivity index (χ0v) is 11.8. The second kappa shape index (κ2) is 6.86. The second-order valence-electron chi connectivity index (χ2n) is 4.72. The summed E-state index contributed by atoms with van der Waals surface area (Å²) in [5.41, 5.74) is 1.77. The van der Waals surface area contributed by atoms with E-state index in [1.54, 1.807) is 12.5 Å². The highest BCUT2D eigenvalue weighted by Crippen LogP contribution is 2.15. The molecule has 106 valence electrons. The molecular formula is C15H20N4O. The van der Waals surface area contributed by atoms with Crippen LogP contribution in [0.4, 0.5) is 5.69 Å². The molecule has 0 saturated carbocycles. The molecule has 0 spiro atoms. The molecule has 1 aromatic heterocycles. The maximum Gasteiger partial charge on any atom is 0.228 e. The van der Waals surface area contributed by atoms with Gasteiger partial charge in [0.05, 0.1) is 6.33 Å². The van der Waals surface area contributed by atoms with E-state index in [1.807, 2.05) is 48.9 Å². The molecule has 0 saturated heterocycles. The van der Waals surface area contributed by atoms with Crippen LogP contribution in [0.5, 0.6) is 0 Å². The number of benzene rings is 1. The predicted molar refractivity (Wildman–Crippen MR) is 79.9 cm³/mol. The quantitative estimate of drug-likeness (QED) is 0.846. The van der Waals surface area contributed by atoms with E-state index in [0.29, 0.717) is 6.54 Å². The molecule has 1 aromatic carbocycles. The van der Waals surface area contributed by atoms with Gasteiger partial charge in [-0.05, 0) is 24.7 Å². The molecule has 1 amide bonds. The minimum Gasteiger partial charge on any atom is -0.326 e. The minimum absolute atomic E-state index is 0.0220. The van der Waals surface area contributed by atoms with E-state index < -0.39 is 0 Å². The van der Waals surface area contributed by atoms with Gasteiger partial charge in [-0.3, -0.25) is 4.79 Å². The molecular weight excluding hydrogens is 252 g/mol. The number of nitrogens with one attached hydrogen (secondary N) is 2. The third-order valence-electron chi connectivity index (χ3n) is 3.06. The Morgan fingerprint density at radius 2 is 2.30 bits per heavy atom. The zero-order valence-electron chi connectivity index (χ0n) is 11.8. The monoisotopic (exact) mass is 272 g/mol. The normalized spacial score (nSPS) is 12.1. The maximum atomic E-state index is 12.0. The van der Waals surface area contributed by atoms with Crippen molar-refractivity contribution in [3.8, 4) is 5.69 Å². The molecule has 1 heterocycles. The second-order valence-corrected chi connectivity index (χ2v) is 4.72. The fourth-order valence-electron chi connectivity index (χ4n) is 1.88. The summed E-state index contributed by atoms with van der Waals surface area (Å²) in [7, 11) is 0. The van der Waals surface area contributed by atoms with Gasteiger partial charge >= 0.3 is 0 Å². The first-order valence-electron chi connectivity index (χ1n) is 6.80. The molecule has 2 aromatic rings. The number of amides is 1. The molecule has 0 aliphatic rings. The lowest BCUT2D eigenvalue weighted by atomic mass is 10.1. The van der Waals surface area contributed by atoms with Crippen molar-refractivity contribution in [3.05, 3.63) is 43.0 Å². The number of hydrogen-bond acceptors (Lipinski definition) is 3. The van der Waals surface area contributed by atoms with Crippen LogP contribution in [0.3, 0.4) is 0 Å². The van der Waals surface area contributed by atoms with Gasteiger partial charge in [0.2, 0.25) is 5.91 Å². The van der Waals surface area contributed by atoms with Crippen molar-refractivity contribution in [2.45, 2.75) is 13.8 Å². The molecule has 0 bridgehead atoms. The SMILES string of the molecule is CCNCC(C)C(=O)Nc1cccc(-n2ccnc2)c1. The zero-order chi connectivity index (χ0) is 14.4. The van der Waals surface area contributed by atoms with E-state index in [4.69, 9.17) is 0 Å². The van der Waals surface area contributed by atoms with Crippen molar-refractivity contribution >= 4 is 11.6 Å². The van der Waals surface area contributed by atoms with Crippen LogP contribution in [0, 0.1) is 5.92 Å². The topological polar surface area (TPSA) is 59.0 Å². The Morgan fingerprint density at radius 1 is 1.45 bits per heavy atom. The van der Waals surface area contributed by atoms with Crippen molar-refractivity contribution < 1.29 is 4.79 Å². The molecule has 1 unspecified atom stereocenters. The standard InChI is InChI=1S/C15H20N4O/c1-3-16-10-12(2)15(20)18-13-5-4-6-14(9-13)19-8-7-17-11-19/h4-9,11-12,16H,3,10H2,1-2H3,(H,18,20). The summed E-state index contributed by atoms with van der Waals surface area (Å²) in [6, 6.07) is 7.71. The fourth-order valence-corrected chi connectivity index (χ4v) is 1.88. The van der Waals surface area contributed by atoms with Crippen LogP contribution in [0.2, 0.25) is 0 Å². The Balaban J connectivity index is 2.03. The van der Waals surface area contributed by atoms with E-state index in [9.17, 15) is 4.79 Å². The molecule has 2 rings (SSSR count). The van der Waals surface area contributed by atoms with Gasteiger partial charge in [0.15, 0.2) is 0 Å². The molecule has 0 aliphatic carbocycles. The number of rotatable bonds is 6. The Morgan fingerprint density at radius 3 is 3.00 bits per heavy atom. The highest BCUT2D eigenvalue weighted by atomic mass is 16.1. The van der Waals surface area contributed by atoms with Gasteiger partial charge in [-0.15, -0.1) is 0 Å². The van der Waals surface area contributed by atoms with Gasteiger partial charge in [0.1, 0.15) is 0 Å². The summed E-state index contributed by atoms with van der Waals surface area (Å²) in [5.74, 6) is -0.0411. The van der Waals surface area contributed by atoms with Crippen LogP contribution in [0.25, 0.3) is 5.69 Å². The molecule has 2 N–H and O–H groups in total. The largest absolute Gasteiger partial charge is 0.326 e. The van der Waals surface area contributed by atoms with Crippen molar-refractivity contribution in [3.63, 3.8) is 0 Å². The molecule has 5 heteroatoms. The van der Waals surface area contributed by atoms with Gasteiger partial charge in [0.25, 0.3) is 0 Å². The van der Waals surface area contributed by atoms with Gasteiger partial charge in [0, 0.05) is 36.2 Å². The predicted octanol–water partition coefficient (Wildman–Crippen LogP) is 2.06. The molecule has 0 aliphatic heterocycles. The number of carbonyl (C=O) groups is 1. The highest BCUT2D eigenvalue weighted by Gasteiger charge is 2.12. The Hall–Kier alpha value is -2.14. The third-order valence-corrected chi connectivity index (χ3v) is 3.06. The number of anilines is 1. The summed E-state index contributed by atoms with van der Waals surface area (Å²) in [6.45, 7) is 5.49. The number of nitrogens with zero attached hydrogens (tertiary/aromatic N) is 2. The number of aromatic nitrogens is 2. The van der Waals surface area contributed by atoms with Gasteiger partial charge in [-0.2, -0.15) is 0 Å². The Bertz CT molecular complexity index is 551. The van der Waals surface area contributed by atoms with Crippen LogP contribution in [-0.2, 0) is 4.79 Å². The summed E-state index contributed by atoms with van der Waals surface area (Å²) < 4.78 is 1.90. The number of hydrogen-bond donors (Lipinski definition) is 2. The minimum atomic E-state index is -0.0631. The molecule has 0 fully saturated rings. The van der Waals surface area contributed by atoms with Crippen molar-refractivity contribution in [2.24, 2.45) is 5.92 Å². The molecule has 20 heavy (non-hydrogen) atoms.